The van der Waals surface area contributed by atoms with E-state index in [-0.39, 0.29) is 31.3 Å². The van der Waals surface area contributed by atoms with Gasteiger partial charge in [-0.2, -0.15) is 0 Å². The molecule has 0 saturated carbocycles. The number of rotatable bonds is 11. The van der Waals surface area contributed by atoms with Gasteiger partial charge in [0.1, 0.15) is 0 Å². The normalized spacial score (nSPS) is 10.8. The highest BCUT2D eigenvalue weighted by molar-refractivity contribution is 6.15. The van der Waals surface area contributed by atoms with E-state index in [0.717, 1.165) is 25.7 Å². The Bertz CT molecular complexity index is 314. The second-order valence-electron chi connectivity index (χ2n) is 5.05. The van der Waals surface area contributed by atoms with E-state index in [9.17, 15) is 14.4 Å². The molecule has 0 aliphatic heterocycles. The van der Waals surface area contributed by atoms with Gasteiger partial charge in [0.05, 0.1) is 13.2 Å². The van der Waals surface area contributed by atoms with Crippen molar-refractivity contribution in [3.63, 3.8) is 0 Å². The number of Topliss-reactive ketones (excluding diaryl/α,β-unsaturated/α-hetero) is 1. The van der Waals surface area contributed by atoms with Gasteiger partial charge >= 0.3 is 11.9 Å². The molecule has 0 bridgehead atoms. The van der Waals surface area contributed by atoms with Crippen molar-refractivity contribution in [3.8, 4) is 0 Å². The number of hydrogen-bond acceptors (Lipinski definition) is 5. The minimum Gasteiger partial charge on any atom is -0.465 e. The first-order chi connectivity index (χ1) is 10.0. The van der Waals surface area contributed by atoms with Gasteiger partial charge in [0, 0.05) is 6.42 Å². The number of ketones is 1. The molecule has 0 atom stereocenters. The zero-order chi connectivity index (χ0) is 16.3. The molecule has 0 unspecified atom stereocenters. The van der Waals surface area contributed by atoms with Crippen LogP contribution in [0.5, 0.6) is 0 Å². The fourth-order valence-electron chi connectivity index (χ4n) is 2.38. The molecule has 0 aliphatic rings. The lowest BCUT2D eigenvalue weighted by atomic mass is 9.88. The summed E-state index contributed by atoms with van der Waals surface area (Å²) < 4.78 is 9.67. The molecule has 0 aromatic rings. The van der Waals surface area contributed by atoms with Crippen LogP contribution < -0.4 is 0 Å². The number of carbonyl (C=O) groups is 3. The predicted octanol–water partition coefficient (Wildman–Crippen LogP) is 2.90. The van der Waals surface area contributed by atoms with Crippen LogP contribution in [0.1, 0.15) is 59.8 Å². The molecule has 0 saturated heterocycles. The van der Waals surface area contributed by atoms with Crippen molar-refractivity contribution in [3.05, 3.63) is 0 Å². The van der Waals surface area contributed by atoms with Crippen molar-refractivity contribution in [1.29, 1.82) is 0 Å². The third-order valence-corrected chi connectivity index (χ3v) is 3.25. The Morgan fingerprint density at radius 2 is 1.24 bits per heavy atom. The molecule has 0 aromatic heterocycles. The van der Waals surface area contributed by atoms with Crippen LogP contribution in [0, 0.1) is 11.8 Å². The van der Waals surface area contributed by atoms with E-state index in [1.807, 2.05) is 0 Å². The van der Waals surface area contributed by atoms with Crippen molar-refractivity contribution in [1.82, 2.24) is 0 Å². The standard InChI is InChI=1S/C16H28O5/c1-5-9-12(10-6-2)11-13(17)14(15(18)20-7-3)16(19)21-8-4/h12,14H,5-11H2,1-4H3. The summed E-state index contributed by atoms with van der Waals surface area (Å²) in [5.41, 5.74) is 0. The van der Waals surface area contributed by atoms with Gasteiger partial charge in [-0.05, 0) is 19.8 Å². The number of ether oxygens (including phenoxy) is 2. The highest BCUT2D eigenvalue weighted by atomic mass is 16.6. The Morgan fingerprint density at radius 1 is 0.810 bits per heavy atom. The number of esters is 2. The van der Waals surface area contributed by atoms with Crippen LogP contribution in [0.25, 0.3) is 0 Å². The Balaban J connectivity index is 4.91. The summed E-state index contributed by atoms with van der Waals surface area (Å²) >= 11 is 0. The molecule has 0 N–H and O–H groups in total. The Labute approximate surface area is 127 Å². The smallest absolute Gasteiger partial charge is 0.328 e. The summed E-state index contributed by atoms with van der Waals surface area (Å²) in [6, 6.07) is 0. The van der Waals surface area contributed by atoms with Gasteiger partial charge in [-0.25, -0.2) is 0 Å². The van der Waals surface area contributed by atoms with Gasteiger partial charge < -0.3 is 9.47 Å². The summed E-state index contributed by atoms with van der Waals surface area (Å²) in [7, 11) is 0. The summed E-state index contributed by atoms with van der Waals surface area (Å²) in [6.07, 6.45) is 4.00. The molecule has 122 valence electrons. The zero-order valence-electron chi connectivity index (χ0n) is 13.6. The fourth-order valence-corrected chi connectivity index (χ4v) is 2.38. The van der Waals surface area contributed by atoms with E-state index in [0.29, 0.717) is 0 Å². The average molecular weight is 300 g/mol. The van der Waals surface area contributed by atoms with E-state index in [2.05, 4.69) is 13.8 Å². The highest BCUT2D eigenvalue weighted by Gasteiger charge is 2.37. The van der Waals surface area contributed by atoms with Crippen LogP contribution in [0.2, 0.25) is 0 Å². The minimum atomic E-state index is -1.43. The van der Waals surface area contributed by atoms with E-state index in [4.69, 9.17) is 9.47 Å². The highest BCUT2D eigenvalue weighted by Crippen LogP contribution is 2.21. The maximum absolute atomic E-state index is 12.3. The van der Waals surface area contributed by atoms with Crippen LogP contribution in [-0.4, -0.2) is 30.9 Å². The van der Waals surface area contributed by atoms with Gasteiger partial charge in [-0.15, -0.1) is 0 Å². The van der Waals surface area contributed by atoms with Gasteiger partial charge in [0.25, 0.3) is 0 Å². The number of hydrogen-bond donors (Lipinski definition) is 0. The van der Waals surface area contributed by atoms with E-state index in [1.165, 1.54) is 0 Å². The molecule has 0 aliphatic carbocycles. The summed E-state index contributed by atoms with van der Waals surface area (Å²) in [5, 5.41) is 0. The lowest BCUT2D eigenvalue weighted by Gasteiger charge is -2.18. The molecule has 5 heteroatoms. The summed E-state index contributed by atoms with van der Waals surface area (Å²) in [6.45, 7) is 7.66. The SMILES string of the molecule is CCCC(CCC)CC(=O)C(C(=O)OCC)C(=O)OCC. The third kappa shape index (κ3) is 7.25. The van der Waals surface area contributed by atoms with Gasteiger partial charge in [-0.1, -0.05) is 39.5 Å². The van der Waals surface area contributed by atoms with Gasteiger partial charge in [0.15, 0.2) is 5.78 Å². The second-order valence-corrected chi connectivity index (χ2v) is 5.05. The first kappa shape index (κ1) is 19.6. The average Bonchev–Trinajstić information content (AvgIpc) is 2.40. The lowest BCUT2D eigenvalue weighted by Crippen LogP contribution is -2.35. The molecule has 0 radical (unpaired) electrons. The van der Waals surface area contributed by atoms with Crippen LogP contribution >= 0.6 is 0 Å². The van der Waals surface area contributed by atoms with Crippen molar-refractivity contribution in [2.75, 3.05) is 13.2 Å². The lowest BCUT2D eigenvalue weighted by molar-refractivity contribution is -0.164. The maximum atomic E-state index is 12.3. The van der Waals surface area contributed by atoms with Crippen molar-refractivity contribution in [2.24, 2.45) is 11.8 Å². The Hall–Kier alpha value is -1.39. The third-order valence-electron chi connectivity index (χ3n) is 3.25. The maximum Gasteiger partial charge on any atom is 0.328 e. The van der Waals surface area contributed by atoms with Crippen molar-refractivity contribution in [2.45, 2.75) is 59.8 Å². The van der Waals surface area contributed by atoms with Crippen LogP contribution in [0.15, 0.2) is 0 Å². The first-order valence-corrected chi connectivity index (χ1v) is 7.87. The first-order valence-electron chi connectivity index (χ1n) is 7.87. The van der Waals surface area contributed by atoms with E-state index >= 15 is 0 Å². The summed E-state index contributed by atoms with van der Waals surface area (Å²) in [5.74, 6) is -3.21. The molecule has 0 amide bonds. The monoisotopic (exact) mass is 300 g/mol. The molecule has 0 fully saturated rings. The molecule has 21 heavy (non-hydrogen) atoms. The molecular formula is C16H28O5. The molecular weight excluding hydrogens is 272 g/mol. The Morgan fingerprint density at radius 3 is 1.57 bits per heavy atom. The second kappa shape index (κ2) is 11.3. The predicted molar refractivity (Wildman–Crippen MR) is 79.7 cm³/mol. The van der Waals surface area contributed by atoms with Crippen LogP contribution in [-0.2, 0) is 23.9 Å². The van der Waals surface area contributed by atoms with Crippen LogP contribution in [0.3, 0.4) is 0 Å². The summed E-state index contributed by atoms with van der Waals surface area (Å²) in [4.78, 5) is 36.0. The fraction of sp³-hybridized carbons (Fsp3) is 0.812. The molecule has 5 nitrogen and oxygen atoms in total. The van der Waals surface area contributed by atoms with Gasteiger partial charge in [0.2, 0.25) is 5.92 Å². The van der Waals surface area contributed by atoms with E-state index < -0.39 is 17.9 Å². The van der Waals surface area contributed by atoms with E-state index in [1.54, 1.807) is 13.8 Å². The van der Waals surface area contributed by atoms with Crippen molar-refractivity contribution >= 4 is 17.7 Å². The Kier molecular flexibility index (Phi) is 10.5. The zero-order valence-corrected chi connectivity index (χ0v) is 13.6. The molecule has 0 rings (SSSR count). The molecule has 0 heterocycles. The number of carbonyl (C=O) groups excluding carboxylic acids is 3. The van der Waals surface area contributed by atoms with Gasteiger partial charge in [-0.3, -0.25) is 14.4 Å². The largest absolute Gasteiger partial charge is 0.465 e. The van der Waals surface area contributed by atoms with Crippen molar-refractivity contribution < 1.29 is 23.9 Å². The minimum absolute atomic E-state index is 0.134. The van der Waals surface area contributed by atoms with Crippen LogP contribution in [0.4, 0.5) is 0 Å². The topological polar surface area (TPSA) is 69.7 Å². The molecule has 0 spiro atoms. The molecule has 0 aromatic carbocycles. The quantitative estimate of drug-likeness (QED) is 0.433.